The molecule has 3 nitrogen and oxygen atoms in total. The van der Waals surface area contributed by atoms with E-state index in [-0.39, 0.29) is 6.10 Å². The summed E-state index contributed by atoms with van der Waals surface area (Å²) in [6.07, 6.45) is 9.12. The first-order chi connectivity index (χ1) is 10.3. The lowest BCUT2D eigenvalue weighted by Crippen LogP contribution is -2.17. The first-order valence-electron chi connectivity index (χ1n) is 8.52. The van der Waals surface area contributed by atoms with Crippen LogP contribution >= 0.6 is 11.3 Å². The van der Waals surface area contributed by atoms with Gasteiger partial charge in [-0.25, -0.2) is 4.98 Å². The highest BCUT2D eigenvalue weighted by Crippen LogP contribution is 2.38. The van der Waals surface area contributed by atoms with Gasteiger partial charge in [-0.05, 0) is 31.7 Å². The minimum atomic E-state index is 0.210. The van der Waals surface area contributed by atoms with Gasteiger partial charge in [0.15, 0.2) is 0 Å². The molecule has 0 saturated heterocycles. The van der Waals surface area contributed by atoms with Crippen molar-refractivity contribution < 1.29 is 4.74 Å². The highest BCUT2D eigenvalue weighted by Gasteiger charge is 2.28. The van der Waals surface area contributed by atoms with Gasteiger partial charge in [0, 0.05) is 18.5 Å². The molecule has 0 amide bonds. The van der Waals surface area contributed by atoms with Crippen LogP contribution in [0.15, 0.2) is 0 Å². The largest absolute Gasteiger partial charge is 0.374 e. The van der Waals surface area contributed by atoms with Gasteiger partial charge in [0.2, 0.25) is 0 Å². The Kier molecular flexibility index (Phi) is 7.14. The molecule has 21 heavy (non-hydrogen) atoms. The second-order valence-electron chi connectivity index (χ2n) is 6.01. The Morgan fingerprint density at radius 3 is 2.67 bits per heavy atom. The summed E-state index contributed by atoms with van der Waals surface area (Å²) in [4.78, 5) is 6.36. The van der Waals surface area contributed by atoms with E-state index in [1.54, 1.807) is 0 Å². The van der Waals surface area contributed by atoms with E-state index in [1.807, 2.05) is 18.4 Å². The van der Waals surface area contributed by atoms with Gasteiger partial charge < -0.3 is 10.1 Å². The maximum atomic E-state index is 5.85. The summed E-state index contributed by atoms with van der Waals surface area (Å²) in [5, 5.41) is 4.65. The van der Waals surface area contributed by atoms with E-state index in [0.29, 0.717) is 5.92 Å². The second-order valence-corrected chi connectivity index (χ2v) is 7.12. The number of hydrogen-bond donors (Lipinski definition) is 1. The van der Waals surface area contributed by atoms with Crippen molar-refractivity contribution in [1.82, 2.24) is 10.3 Å². The van der Waals surface area contributed by atoms with Gasteiger partial charge >= 0.3 is 0 Å². The van der Waals surface area contributed by atoms with Gasteiger partial charge in [-0.15, -0.1) is 11.3 Å². The molecule has 1 aromatic heterocycles. The van der Waals surface area contributed by atoms with E-state index in [4.69, 9.17) is 9.72 Å². The van der Waals surface area contributed by atoms with Crippen LogP contribution in [-0.2, 0) is 17.7 Å². The molecule has 1 aliphatic rings. The number of nitrogens with zero attached hydrogens (tertiary/aromatic N) is 1. The summed E-state index contributed by atoms with van der Waals surface area (Å²) in [6, 6.07) is 0. The Hall–Kier alpha value is -0.450. The van der Waals surface area contributed by atoms with E-state index >= 15 is 0 Å². The third-order valence-corrected chi connectivity index (χ3v) is 5.55. The van der Waals surface area contributed by atoms with Crippen molar-refractivity contribution in [3.63, 3.8) is 0 Å². The van der Waals surface area contributed by atoms with Crippen molar-refractivity contribution in [2.24, 2.45) is 5.92 Å². The van der Waals surface area contributed by atoms with Crippen molar-refractivity contribution in [3.8, 4) is 0 Å². The van der Waals surface area contributed by atoms with Crippen LogP contribution in [0.2, 0.25) is 0 Å². The normalized spacial score (nSPS) is 18.0. The summed E-state index contributed by atoms with van der Waals surface area (Å²) in [6.45, 7) is 6.34. The van der Waals surface area contributed by atoms with E-state index in [0.717, 1.165) is 25.9 Å². The van der Waals surface area contributed by atoms with Crippen LogP contribution in [0.3, 0.4) is 0 Å². The van der Waals surface area contributed by atoms with Gasteiger partial charge in [0.25, 0.3) is 0 Å². The van der Waals surface area contributed by atoms with Crippen LogP contribution < -0.4 is 5.32 Å². The Morgan fingerprint density at radius 2 is 2.05 bits per heavy atom. The fourth-order valence-electron chi connectivity index (χ4n) is 3.27. The van der Waals surface area contributed by atoms with Gasteiger partial charge in [-0.1, -0.05) is 39.5 Å². The molecule has 0 aromatic carbocycles. The molecule has 1 saturated carbocycles. The molecule has 1 aliphatic carbocycles. The molecule has 1 unspecified atom stereocenters. The highest BCUT2D eigenvalue weighted by molar-refractivity contribution is 7.11. The number of nitrogens with one attached hydrogen (secondary N) is 1. The molecular weight excluding hydrogens is 280 g/mol. The van der Waals surface area contributed by atoms with Crippen LogP contribution in [0.5, 0.6) is 0 Å². The summed E-state index contributed by atoms with van der Waals surface area (Å²) in [7, 11) is 1.85. The van der Waals surface area contributed by atoms with Crippen molar-refractivity contribution in [2.75, 3.05) is 13.7 Å². The van der Waals surface area contributed by atoms with Crippen LogP contribution in [-0.4, -0.2) is 18.6 Å². The number of aryl methyl sites for hydroxylation is 1. The topological polar surface area (TPSA) is 34.1 Å². The van der Waals surface area contributed by atoms with E-state index in [9.17, 15) is 0 Å². The van der Waals surface area contributed by atoms with Crippen LogP contribution in [0.1, 0.15) is 74.1 Å². The van der Waals surface area contributed by atoms with Gasteiger partial charge in [-0.2, -0.15) is 0 Å². The number of rotatable bonds is 8. The average molecular weight is 311 g/mol. The third-order valence-electron chi connectivity index (χ3n) is 4.39. The van der Waals surface area contributed by atoms with Crippen molar-refractivity contribution in [1.29, 1.82) is 0 Å². The number of aromatic nitrogens is 1. The fourth-order valence-corrected chi connectivity index (χ4v) is 4.52. The summed E-state index contributed by atoms with van der Waals surface area (Å²) in [5.74, 6) is 0.663. The molecule has 1 fully saturated rings. The van der Waals surface area contributed by atoms with Crippen LogP contribution in [0.4, 0.5) is 0 Å². The molecule has 2 rings (SSSR count). The number of thiazole rings is 1. The van der Waals surface area contributed by atoms with Crippen LogP contribution in [0.25, 0.3) is 0 Å². The lowest BCUT2D eigenvalue weighted by molar-refractivity contribution is 0.0351. The minimum absolute atomic E-state index is 0.210. The lowest BCUT2D eigenvalue weighted by atomic mass is 9.85. The minimum Gasteiger partial charge on any atom is -0.374 e. The Bertz CT molecular complexity index is 413. The van der Waals surface area contributed by atoms with Gasteiger partial charge in [0.1, 0.15) is 11.1 Å². The maximum absolute atomic E-state index is 5.85. The van der Waals surface area contributed by atoms with Crippen molar-refractivity contribution >= 4 is 11.3 Å². The number of ether oxygens (including phenoxy) is 1. The third kappa shape index (κ3) is 4.51. The first kappa shape index (κ1) is 16.9. The summed E-state index contributed by atoms with van der Waals surface area (Å²) < 4.78 is 5.85. The molecule has 0 aliphatic heterocycles. The predicted octanol–water partition coefficient (Wildman–Crippen LogP) is 4.47. The molecule has 1 atom stereocenters. The number of methoxy groups -OCH3 is 1. The molecule has 4 heteroatoms. The fraction of sp³-hybridized carbons (Fsp3) is 0.824. The zero-order valence-electron chi connectivity index (χ0n) is 13.8. The Morgan fingerprint density at radius 1 is 1.29 bits per heavy atom. The monoisotopic (exact) mass is 310 g/mol. The molecular formula is C17H30N2OS. The Balaban J connectivity index is 2.15. The SMILES string of the molecule is CCCc1nc(C(OC)C2CCCCC2)sc1CNCC. The molecule has 0 spiro atoms. The molecule has 1 heterocycles. The molecule has 1 aromatic rings. The quantitative estimate of drug-likeness (QED) is 0.769. The second kappa shape index (κ2) is 8.86. The van der Waals surface area contributed by atoms with E-state index < -0.39 is 0 Å². The summed E-state index contributed by atoms with van der Waals surface area (Å²) in [5.41, 5.74) is 1.29. The lowest BCUT2D eigenvalue weighted by Gasteiger charge is -2.27. The first-order valence-corrected chi connectivity index (χ1v) is 9.33. The standard InChI is InChI=1S/C17H30N2OS/c1-4-9-14-15(12-18-5-2)21-17(19-14)16(20-3)13-10-7-6-8-11-13/h13,16,18H,4-12H2,1-3H3. The van der Waals surface area contributed by atoms with Gasteiger partial charge in [-0.3, -0.25) is 0 Å². The molecule has 1 N–H and O–H groups in total. The van der Waals surface area contributed by atoms with Crippen molar-refractivity contribution in [2.45, 2.75) is 71.4 Å². The van der Waals surface area contributed by atoms with Gasteiger partial charge in [0.05, 0.1) is 5.69 Å². The zero-order chi connectivity index (χ0) is 15.1. The predicted molar refractivity (Wildman–Crippen MR) is 89.8 cm³/mol. The zero-order valence-corrected chi connectivity index (χ0v) is 14.6. The van der Waals surface area contributed by atoms with Crippen molar-refractivity contribution in [3.05, 3.63) is 15.6 Å². The average Bonchev–Trinajstić information content (AvgIpc) is 2.90. The Labute approximate surface area is 133 Å². The summed E-state index contributed by atoms with van der Waals surface area (Å²) >= 11 is 1.87. The highest BCUT2D eigenvalue weighted by atomic mass is 32.1. The molecule has 120 valence electrons. The smallest absolute Gasteiger partial charge is 0.122 e. The maximum Gasteiger partial charge on any atom is 0.122 e. The van der Waals surface area contributed by atoms with Crippen LogP contribution in [0, 0.1) is 5.92 Å². The number of hydrogen-bond acceptors (Lipinski definition) is 4. The molecule has 0 bridgehead atoms. The molecule has 0 radical (unpaired) electrons. The van der Waals surface area contributed by atoms with E-state index in [2.05, 4.69) is 19.2 Å². The van der Waals surface area contributed by atoms with E-state index in [1.165, 1.54) is 47.7 Å².